The molecule has 0 spiro atoms. The number of rotatable bonds is 1. The molecule has 0 radical (unpaired) electrons. The van der Waals surface area contributed by atoms with Gasteiger partial charge in [0.2, 0.25) is 0 Å². The van der Waals surface area contributed by atoms with Gasteiger partial charge in [-0.05, 0) is 37.1 Å². The first-order valence-electron chi connectivity index (χ1n) is 6.72. The van der Waals surface area contributed by atoms with Crippen molar-refractivity contribution in [2.45, 2.75) is 31.2 Å². The third-order valence-electron chi connectivity index (χ3n) is 3.59. The lowest BCUT2D eigenvalue weighted by molar-refractivity contribution is 0.584. The van der Waals surface area contributed by atoms with E-state index < -0.39 is 10.0 Å². The molecule has 0 saturated carbocycles. The highest BCUT2D eigenvalue weighted by Crippen LogP contribution is 2.36. The van der Waals surface area contributed by atoms with Crippen LogP contribution in [0.5, 0.6) is 0 Å². The van der Waals surface area contributed by atoms with E-state index in [2.05, 4.69) is 0 Å². The molecule has 104 valence electrons. The quantitative estimate of drug-likeness (QED) is 0.807. The van der Waals surface area contributed by atoms with Crippen molar-refractivity contribution in [2.24, 2.45) is 0 Å². The van der Waals surface area contributed by atoms with E-state index in [1.54, 1.807) is 12.1 Å². The van der Waals surface area contributed by atoms with Gasteiger partial charge in [-0.2, -0.15) is 0 Å². The van der Waals surface area contributed by atoms with Crippen LogP contribution in [0.2, 0.25) is 0 Å². The maximum Gasteiger partial charge on any atom is 0.264 e. The Bertz CT molecular complexity index is 751. The Kier molecular flexibility index (Phi) is 3.05. The van der Waals surface area contributed by atoms with E-state index in [0.717, 1.165) is 16.8 Å². The van der Waals surface area contributed by atoms with Gasteiger partial charge in [0.1, 0.15) is 0 Å². The van der Waals surface area contributed by atoms with E-state index in [1.807, 2.05) is 50.2 Å². The fourth-order valence-electron chi connectivity index (χ4n) is 2.77. The molecule has 0 unspecified atom stereocenters. The van der Waals surface area contributed by atoms with Crippen molar-refractivity contribution < 1.29 is 8.42 Å². The molecule has 0 atom stereocenters. The van der Waals surface area contributed by atoms with Gasteiger partial charge in [0.05, 0.1) is 10.6 Å². The summed E-state index contributed by atoms with van der Waals surface area (Å²) in [6, 6.07) is 14.9. The molecule has 0 N–H and O–H groups in total. The fourth-order valence-corrected chi connectivity index (χ4v) is 4.70. The SMILES string of the molecule is CC(C)N1c2ccccc2Cc2ccccc2S1(=O)=O. The van der Waals surface area contributed by atoms with Crippen molar-refractivity contribution in [3.8, 4) is 0 Å². The first-order valence-corrected chi connectivity index (χ1v) is 8.16. The first-order chi connectivity index (χ1) is 9.51. The minimum absolute atomic E-state index is 0.118. The zero-order valence-electron chi connectivity index (χ0n) is 11.6. The normalized spacial score (nSPS) is 16.4. The standard InChI is InChI=1S/C16H17NO2S/c1-12(2)17-15-9-5-3-7-13(15)11-14-8-4-6-10-16(14)20(17,18)19/h3-10,12H,11H2,1-2H3. The number of hydrogen-bond acceptors (Lipinski definition) is 2. The molecule has 0 aliphatic carbocycles. The van der Waals surface area contributed by atoms with Crippen LogP contribution in [-0.2, 0) is 16.4 Å². The zero-order valence-corrected chi connectivity index (χ0v) is 12.4. The molecule has 3 rings (SSSR count). The van der Waals surface area contributed by atoms with Crippen molar-refractivity contribution in [2.75, 3.05) is 4.31 Å². The Morgan fingerprint density at radius 1 is 0.950 bits per heavy atom. The molecule has 4 heteroatoms. The molecule has 0 bridgehead atoms. The van der Waals surface area contributed by atoms with Gasteiger partial charge in [-0.15, -0.1) is 0 Å². The van der Waals surface area contributed by atoms with Gasteiger partial charge < -0.3 is 0 Å². The highest BCUT2D eigenvalue weighted by Gasteiger charge is 2.33. The molecule has 1 aliphatic heterocycles. The average molecular weight is 287 g/mol. The van der Waals surface area contributed by atoms with E-state index >= 15 is 0 Å². The van der Waals surface area contributed by atoms with Crippen molar-refractivity contribution in [1.29, 1.82) is 0 Å². The van der Waals surface area contributed by atoms with Gasteiger partial charge in [0, 0.05) is 12.5 Å². The van der Waals surface area contributed by atoms with Crippen LogP contribution in [0.15, 0.2) is 53.4 Å². The van der Waals surface area contributed by atoms with Crippen LogP contribution in [0.1, 0.15) is 25.0 Å². The summed E-state index contributed by atoms with van der Waals surface area (Å²) in [5.41, 5.74) is 2.71. The third-order valence-corrected chi connectivity index (χ3v) is 5.68. The van der Waals surface area contributed by atoms with Crippen LogP contribution < -0.4 is 4.31 Å². The number of nitrogens with zero attached hydrogens (tertiary/aromatic N) is 1. The lowest BCUT2D eigenvalue weighted by Gasteiger charge is -2.28. The Hall–Kier alpha value is -1.81. The third kappa shape index (κ3) is 1.91. The molecule has 3 nitrogen and oxygen atoms in total. The van der Waals surface area contributed by atoms with E-state index in [1.165, 1.54) is 4.31 Å². The fraction of sp³-hybridized carbons (Fsp3) is 0.250. The Morgan fingerprint density at radius 3 is 2.25 bits per heavy atom. The van der Waals surface area contributed by atoms with Crippen LogP contribution in [-0.4, -0.2) is 14.5 Å². The number of para-hydroxylation sites is 1. The summed E-state index contributed by atoms with van der Waals surface area (Å²) >= 11 is 0. The summed E-state index contributed by atoms with van der Waals surface area (Å²) in [5.74, 6) is 0. The highest BCUT2D eigenvalue weighted by atomic mass is 32.2. The molecular formula is C16H17NO2S. The van der Waals surface area contributed by atoms with E-state index in [4.69, 9.17) is 0 Å². The van der Waals surface area contributed by atoms with Gasteiger partial charge in [0.25, 0.3) is 10.0 Å². The first kappa shape index (κ1) is 13.2. The highest BCUT2D eigenvalue weighted by molar-refractivity contribution is 7.93. The minimum atomic E-state index is -3.50. The minimum Gasteiger partial charge on any atom is -0.264 e. The molecule has 0 saturated heterocycles. The molecule has 0 amide bonds. The molecule has 1 heterocycles. The topological polar surface area (TPSA) is 37.4 Å². The number of hydrogen-bond donors (Lipinski definition) is 0. The van der Waals surface area contributed by atoms with Crippen LogP contribution >= 0.6 is 0 Å². The van der Waals surface area contributed by atoms with E-state index in [0.29, 0.717) is 11.3 Å². The number of anilines is 1. The van der Waals surface area contributed by atoms with Crippen LogP contribution in [0.4, 0.5) is 5.69 Å². The molecule has 0 aromatic heterocycles. The Morgan fingerprint density at radius 2 is 1.55 bits per heavy atom. The monoisotopic (exact) mass is 287 g/mol. The van der Waals surface area contributed by atoms with Gasteiger partial charge in [-0.3, -0.25) is 4.31 Å². The van der Waals surface area contributed by atoms with Crippen molar-refractivity contribution >= 4 is 15.7 Å². The molecule has 0 fully saturated rings. The van der Waals surface area contributed by atoms with Crippen LogP contribution in [0.25, 0.3) is 0 Å². The summed E-state index contributed by atoms with van der Waals surface area (Å²) in [5, 5.41) is 0. The summed E-state index contributed by atoms with van der Waals surface area (Å²) in [6.45, 7) is 3.81. The van der Waals surface area contributed by atoms with Crippen molar-refractivity contribution in [3.63, 3.8) is 0 Å². The lowest BCUT2D eigenvalue weighted by atomic mass is 10.0. The molecule has 2 aromatic rings. The summed E-state index contributed by atoms with van der Waals surface area (Å²) in [4.78, 5) is 0.421. The second kappa shape index (κ2) is 4.63. The predicted molar refractivity (Wildman–Crippen MR) is 80.5 cm³/mol. The lowest BCUT2D eigenvalue weighted by Crippen LogP contribution is -2.37. The number of fused-ring (bicyclic) bond motifs is 2. The predicted octanol–water partition coefficient (Wildman–Crippen LogP) is 3.19. The summed E-state index contributed by atoms with van der Waals surface area (Å²) < 4.78 is 27.4. The van der Waals surface area contributed by atoms with Gasteiger partial charge in [0.15, 0.2) is 0 Å². The van der Waals surface area contributed by atoms with Crippen LogP contribution in [0, 0.1) is 0 Å². The largest absolute Gasteiger partial charge is 0.264 e. The summed E-state index contributed by atoms with van der Waals surface area (Å²) in [7, 11) is -3.50. The van der Waals surface area contributed by atoms with E-state index in [9.17, 15) is 8.42 Å². The van der Waals surface area contributed by atoms with Crippen LogP contribution in [0.3, 0.4) is 0 Å². The van der Waals surface area contributed by atoms with Crippen molar-refractivity contribution in [3.05, 3.63) is 59.7 Å². The smallest absolute Gasteiger partial charge is 0.264 e. The molecule has 2 aromatic carbocycles. The number of benzene rings is 2. The van der Waals surface area contributed by atoms with Gasteiger partial charge >= 0.3 is 0 Å². The van der Waals surface area contributed by atoms with Gasteiger partial charge in [-0.1, -0.05) is 36.4 Å². The number of sulfonamides is 1. The summed E-state index contributed by atoms with van der Waals surface area (Å²) in [6.07, 6.45) is 0.648. The second-order valence-corrected chi connectivity index (χ2v) is 7.09. The molecule has 20 heavy (non-hydrogen) atoms. The maximum absolute atomic E-state index is 13.0. The average Bonchev–Trinajstić information content (AvgIpc) is 2.50. The zero-order chi connectivity index (χ0) is 14.3. The van der Waals surface area contributed by atoms with Crippen molar-refractivity contribution in [1.82, 2.24) is 0 Å². The van der Waals surface area contributed by atoms with Gasteiger partial charge in [-0.25, -0.2) is 8.42 Å². The maximum atomic E-state index is 13.0. The Labute approximate surface area is 119 Å². The second-order valence-electron chi connectivity index (χ2n) is 5.31. The van der Waals surface area contributed by atoms with E-state index in [-0.39, 0.29) is 6.04 Å². The Balaban J connectivity index is 2.36. The molecular weight excluding hydrogens is 270 g/mol. The molecule has 1 aliphatic rings.